The minimum atomic E-state index is -3.11. The van der Waals surface area contributed by atoms with Gasteiger partial charge in [-0.3, -0.25) is 4.79 Å². The monoisotopic (exact) mass is 479 g/mol. The number of amidine groups is 1. The molecule has 1 aromatic carbocycles. The number of rotatable bonds is 6. The van der Waals surface area contributed by atoms with Crippen LogP contribution in [0.25, 0.3) is 0 Å². The molecule has 10 heteroatoms. The predicted molar refractivity (Wildman–Crippen MR) is 126 cm³/mol. The highest BCUT2D eigenvalue weighted by Gasteiger charge is 2.48. The molecule has 32 heavy (non-hydrogen) atoms. The molecule has 3 atom stereocenters. The maximum absolute atomic E-state index is 13.2. The van der Waals surface area contributed by atoms with Crippen LogP contribution in [0.5, 0.6) is 0 Å². The maximum Gasteiger partial charge on any atom is 0.408 e. The summed E-state index contributed by atoms with van der Waals surface area (Å²) in [6.45, 7) is 9.36. The van der Waals surface area contributed by atoms with Gasteiger partial charge >= 0.3 is 6.09 Å². The Kier molecular flexibility index (Phi) is 7.34. The Balaban J connectivity index is 1.82. The zero-order valence-electron chi connectivity index (χ0n) is 18.5. The fourth-order valence-corrected chi connectivity index (χ4v) is 7.63. The first-order chi connectivity index (χ1) is 15.0. The second-order valence-corrected chi connectivity index (χ2v) is 12.2. The van der Waals surface area contributed by atoms with Gasteiger partial charge in [0.25, 0.3) is 5.91 Å². The lowest BCUT2D eigenvalue weighted by atomic mass is 10.1. The number of thioether (sulfide) groups is 1. The fraction of sp³-hybridized carbons (Fsp3) is 0.500. The SMILES string of the molecule is C=CCN1C(=NC(=O)[C@@H](Cc2ccccc2)NC(=O)OC(C)(C)C)S[C@H]2CS(=O)(=O)C[C@@H]21. The van der Waals surface area contributed by atoms with Gasteiger partial charge in [-0.1, -0.05) is 48.2 Å². The molecular weight excluding hydrogens is 450 g/mol. The van der Waals surface area contributed by atoms with Gasteiger partial charge in [0.1, 0.15) is 11.6 Å². The molecule has 0 aromatic heterocycles. The molecule has 8 nitrogen and oxygen atoms in total. The summed E-state index contributed by atoms with van der Waals surface area (Å²) in [5.74, 6) is -0.415. The van der Waals surface area contributed by atoms with Crippen LogP contribution in [0.15, 0.2) is 48.0 Å². The van der Waals surface area contributed by atoms with Gasteiger partial charge in [-0.2, -0.15) is 4.99 Å². The second kappa shape index (κ2) is 9.66. The summed E-state index contributed by atoms with van der Waals surface area (Å²) < 4.78 is 29.4. The van der Waals surface area contributed by atoms with Crippen LogP contribution in [0.4, 0.5) is 4.79 Å². The molecule has 0 aliphatic carbocycles. The number of amides is 2. The molecule has 2 aliphatic rings. The van der Waals surface area contributed by atoms with E-state index in [0.29, 0.717) is 11.7 Å². The number of ether oxygens (including phenoxy) is 1. The van der Waals surface area contributed by atoms with Crippen molar-refractivity contribution < 1.29 is 22.7 Å². The number of alkyl carbamates (subject to hydrolysis) is 1. The zero-order valence-corrected chi connectivity index (χ0v) is 20.1. The van der Waals surface area contributed by atoms with E-state index in [1.54, 1.807) is 26.8 Å². The van der Waals surface area contributed by atoms with Gasteiger partial charge in [-0.05, 0) is 26.3 Å². The Hall–Kier alpha value is -2.33. The van der Waals surface area contributed by atoms with Crippen LogP contribution in [0.3, 0.4) is 0 Å². The number of nitrogens with one attached hydrogen (secondary N) is 1. The van der Waals surface area contributed by atoms with Gasteiger partial charge < -0.3 is 15.0 Å². The number of nitrogens with zero attached hydrogens (tertiary/aromatic N) is 2. The predicted octanol–water partition coefficient (Wildman–Crippen LogP) is 2.41. The van der Waals surface area contributed by atoms with Crippen molar-refractivity contribution in [2.45, 2.75) is 50.1 Å². The molecule has 2 aliphatic heterocycles. The van der Waals surface area contributed by atoms with E-state index in [-0.39, 0.29) is 29.2 Å². The number of sulfone groups is 1. The van der Waals surface area contributed by atoms with Gasteiger partial charge in [0.2, 0.25) is 0 Å². The Morgan fingerprint density at radius 1 is 1.31 bits per heavy atom. The van der Waals surface area contributed by atoms with E-state index in [1.165, 1.54) is 11.8 Å². The molecule has 0 radical (unpaired) electrons. The first-order valence-electron chi connectivity index (χ1n) is 10.4. The van der Waals surface area contributed by atoms with Crippen molar-refractivity contribution in [3.8, 4) is 0 Å². The minimum absolute atomic E-state index is 0.0370. The van der Waals surface area contributed by atoms with E-state index < -0.39 is 33.5 Å². The van der Waals surface area contributed by atoms with Crippen LogP contribution in [0.1, 0.15) is 26.3 Å². The zero-order chi connectivity index (χ0) is 23.5. The highest BCUT2D eigenvalue weighted by molar-refractivity contribution is 8.15. The van der Waals surface area contributed by atoms with Gasteiger partial charge in [-0.15, -0.1) is 6.58 Å². The molecule has 2 heterocycles. The normalized spacial score (nSPS) is 24.1. The summed E-state index contributed by atoms with van der Waals surface area (Å²) >= 11 is 1.30. The number of hydrogen-bond donors (Lipinski definition) is 1. The minimum Gasteiger partial charge on any atom is -0.444 e. The van der Waals surface area contributed by atoms with Crippen molar-refractivity contribution in [1.29, 1.82) is 0 Å². The number of carbonyl (C=O) groups excluding carboxylic acids is 2. The van der Waals surface area contributed by atoms with Crippen molar-refractivity contribution in [2.24, 2.45) is 4.99 Å². The first-order valence-corrected chi connectivity index (χ1v) is 13.1. The Bertz CT molecular complexity index is 1000. The van der Waals surface area contributed by atoms with Crippen LogP contribution >= 0.6 is 11.8 Å². The topological polar surface area (TPSA) is 105 Å². The van der Waals surface area contributed by atoms with Crippen LogP contribution in [-0.2, 0) is 25.8 Å². The third-order valence-electron chi connectivity index (χ3n) is 4.98. The van der Waals surface area contributed by atoms with Gasteiger partial charge in [-0.25, -0.2) is 13.2 Å². The van der Waals surface area contributed by atoms with Crippen LogP contribution in [0, 0.1) is 0 Å². The lowest BCUT2D eigenvalue weighted by molar-refractivity contribution is -0.119. The van der Waals surface area contributed by atoms with Crippen molar-refractivity contribution in [2.75, 3.05) is 18.1 Å². The van der Waals surface area contributed by atoms with E-state index >= 15 is 0 Å². The Labute approximate surface area is 193 Å². The molecule has 0 saturated carbocycles. The highest BCUT2D eigenvalue weighted by atomic mass is 32.2. The van der Waals surface area contributed by atoms with Crippen molar-refractivity contribution in [3.63, 3.8) is 0 Å². The number of carbonyl (C=O) groups is 2. The fourth-order valence-electron chi connectivity index (χ4n) is 3.66. The number of fused-ring (bicyclic) bond motifs is 1. The molecule has 0 bridgehead atoms. The average molecular weight is 480 g/mol. The number of aliphatic imine (C=N–C) groups is 1. The molecule has 174 valence electrons. The van der Waals surface area contributed by atoms with Crippen molar-refractivity contribution >= 4 is 38.8 Å². The summed E-state index contributed by atoms with van der Waals surface area (Å²) in [6.07, 6.45) is 1.22. The third kappa shape index (κ3) is 6.35. The van der Waals surface area contributed by atoms with Gasteiger partial charge in [0.15, 0.2) is 15.0 Å². The number of hydrogen-bond acceptors (Lipinski definition) is 6. The lowest BCUT2D eigenvalue weighted by Crippen LogP contribution is -2.45. The van der Waals surface area contributed by atoms with E-state index in [2.05, 4.69) is 16.9 Å². The van der Waals surface area contributed by atoms with E-state index in [0.717, 1.165) is 5.56 Å². The van der Waals surface area contributed by atoms with E-state index in [1.807, 2.05) is 35.2 Å². The van der Waals surface area contributed by atoms with Crippen LogP contribution < -0.4 is 5.32 Å². The molecule has 2 fully saturated rings. The third-order valence-corrected chi connectivity index (χ3v) is 8.23. The summed E-state index contributed by atoms with van der Waals surface area (Å²) in [5.41, 5.74) is 0.161. The highest BCUT2D eigenvalue weighted by Crippen LogP contribution is 2.38. The Morgan fingerprint density at radius 2 is 2.00 bits per heavy atom. The lowest BCUT2D eigenvalue weighted by Gasteiger charge is -2.24. The van der Waals surface area contributed by atoms with Gasteiger partial charge in [0.05, 0.1) is 17.5 Å². The summed E-state index contributed by atoms with van der Waals surface area (Å²) in [7, 11) is -3.11. The molecule has 2 saturated heterocycles. The summed E-state index contributed by atoms with van der Waals surface area (Å²) in [6, 6.07) is 8.17. The molecule has 1 N–H and O–H groups in total. The standard InChI is InChI=1S/C22H29N3O5S2/c1-5-11-25-17-13-32(28,29)14-18(17)31-20(25)24-19(26)16(12-15-9-7-6-8-10-15)23-21(27)30-22(2,3)4/h5-10,16-18H,1,11-14H2,2-4H3,(H,23,27)/t16-,17+,18+/m1/s1. The summed E-state index contributed by atoms with van der Waals surface area (Å²) in [4.78, 5) is 31.7. The van der Waals surface area contributed by atoms with Crippen molar-refractivity contribution in [3.05, 3.63) is 48.6 Å². The average Bonchev–Trinajstić information content (AvgIpc) is 3.13. The largest absolute Gasteiger partial charge is 0.444 e. The smallest absolute Gasteiger partial charge is 0.408 e. The quantitative estimate of drug-likeness (QED) is 0.625. The molecular formula is C22H29N3O5S2. The Morgan fingerprint density at radius 3 is 2.62 bits per heavy atom. The molecule has 3 rings (SSSR count). The van der Waals surface area contributed by atoms with Crippen LogP contribution in [-0.4, -0.2) is 71.5 Å². The molecule has 0 unspecified atom stereocenters. The molecule has 0 spiro atoms. The van der Waals surface area contributed by atoms with Gasteiger partial charge in [0, 0.05) is 18.2 Å². The van der Waals surface area contributed by atoms with Crippen molar-refractivity contribution in [1.82, 2.24) is 10.2 Å². The van der Waals surface area contributed by atoms with E-state index in [9.17, 15) is 18.0 Å². The number of benzene rings is 1. The maximum atomic E-state index is 13.2. The first kappa shape index (κ1) is 24.3. The second-order valence-electron chi connectivity index (χ2n) is 8.86. The van der Waals surface area contributed by atoms with E-state index in [4.69, 9.17) is 4.74 Å². The van der Waals surface area contributed by atoms with Crippen LogP contribution in [0.2, 0.25) is 0 Å². The molecule has 2 amide bonds. The molecule has 1 aromatic rings. The summed E-state index contributed by atoms with van der Waals surface area (Å²) in [5, 5.41) is 2.94.